The first-order chi connectivity index (χ1) is 8.19. The lowest BCUT2D eigenvalue weighted by Gasteiger charge is -2.16. The number of carbonyl (C=O) groups excluding carboxylic acids is 1. The third-order valence-electron chi connectivity index (χ3n) is 2.32. The van der Waals surface area contributed by atoms with Crippen LogP contribution in [0.1, 0.15) is 15.2 Å². The molecule has 88 valence electrons. The molecule has 2 heterocycles. The fraction of sp³-hybridized carbons (Fsp3) is 0.167. The molecule has 0 aliphatic heterocycles. The van der Waals surface area contributed by atoms with Gasteiger partial charge in [-0.3, -0.25) is 4.79 Å². The zero-order valence-corrected chi connectivity index (χ0v) is 10.8. The van der Waals surface area contributed by atoms with Gasteiger partial charge in [0.2, 0.25) is 0 Å². The summed E-state index contributed by atoms with van der Waals surface area (Å²) in [5.74, 6) is 0.833. The maximum atomic E-state index is 10.5. The Bertz CT molecular complexity index is 509. The van der Waals surface area contributed by atoms with Gasteiger partial charge in [-0.05, 0) is 24.3 Å². The van der Waals surface area contributed by atoms with Crippen LogP contribution in [-0.4, -0.2) is 18.3 Å². The van der Waals surface area contributed by atoms with E-state index in [9.17, 15) is 4.79 Å². The van der Waals surface area contributed by atoms with Crippen LogP contribution in [0.5, 0.6) is 0 Å². The lowest BCUT2D eigenvalue weighted by Crippen LogP contribution is -2.16. The second kappa shape index (κ2) is 5.29. The van der Waals surface area contributed by atoms with Crippen LogP contribution in [0.4, 0.5) is 5.82 Å². The van der Waals surface area contributed by atoms with E-state index < -0.39 is 0 Å². The summed E-state index contributed by atoms with van der Waals surface area (Å²) < 4.78 is 0.790. The van der Waals surface area contributed by atoms with Crippen molar-refractivity contribution < 1.29 is 4.79 Å². The molecule has 2 aromatic heterocycles. The van der Waals surface area contributed by atoms with Gasteiger partial charge in [0.1, 0.15) is 5.82 Å². The minimum Gasteiger partial charge on any atom is -0.355 e. The molecular formula is C12H11ClN2OS. The number of aromatic nitrogens is 1. The summed E-state index contributed by atoms with van der Waals surface area (Å²) in [6.45, 7) is 0.755. The molecule has 0 amide bonds. The molecule has 2 rings (SSSR count). The molecule has 0 saturated carbocycles. The number of rotatable bonds is 4. The Hall–Kier alpha value is -1.39. The van der Waals surface area contributed by atoms with Gasteiger partial charge in [-0.2, -0.15) is 0 Å². The average molecular weight is 267 g/mol. The van der Waals surface area contributed by atoms with Crippen LogP contribution in [0.2, 0.25) is 4.34 Å². The molecule has 17 heavy (non-hydrogen) atoms. The van der Waals surface area contributed by atoms with E-state index >= 15 is 0 Å². The second-order valence-corrected chi connectivity index (χ2v) is 5.43. The van der Waals surface area contributed by atoms with Gasteiger partial charge in [0.05, 0.1) is 10.9 Å². The number of hydrogen-bond acceptors (Lipinski definition) is 4. The molecule has 0 aromatic carbocycles. The van der Waals surface area contributed by atoms with Gasteiger partial charge in [0.15, 0.2) is 6.29 Å². The number of aldehydes is 1. The number of anilines is 1. The minimum atomic E-state index is 0.585. The fourth-order valence-electron chi connectivity index (χ4n) is 1.44. The number of carbonyl (C=O) groups is 1. The number of pyridine rings is 1. The highest BCUT2D eigenvalue weighted by atomic mass is 35.5. The topological polar surface area (TPSA) is 33.2 Å². The molecule has 0 saturated heterocycles. The summed E-state index contributed by atoms with van der Waals surface area (Å²) in [6.07, 6.45) is 2.36. The average Bonchev–Trinajstić information content (AvgIpc) is 2.75. The van der Waals surface area contributed by atoms with Crippen molar-refractivity contribution >= 4 is 35.0 Å². The fourth-order valence-corrected chi connectivity index (χ4v) is 2.59. The predicted octanol–water partition coefficient (Wildman–Crippen LogP) is 3.25. The Morgan fingerprint density at radius 2 is 2.24 bits per heavy atom. The molecule has 3 nitrogen and oxygen atoms in total. The van der Waals surface area contributed by atoms with Crippen molar-refractivity contribution in [2.45, 2.75) is 6.54 Å². The monoisotopic (exact) mass is 266 g/mol. The van der Waals surface area contributed by atoms with Gasteiger partial charge in [-0.15, -0.1) is 11.3 Å². The van der Waals surface area contributed by atoms with Crippen molar-refractivity contribution in [3.8, 4) is 0 Å². The predicted molar refractivity (Wildman–Crippen MR) is 71.1 cm³/mol. The normalized spacial score (nSPS) is 10.2. The van der Waals surface area contributed by atoms with E-state index in [1.54, 1.807) is 23.6 Å². The first-order valence-electron chi connectivity index (χ1n) is 5.05. The van der Waals surface area contributed by atoms with Crippen LogP contribution >= 0.6 is 22.9 Å². The number of nitrogens with zero attached hydrogens (tertiary/aromatic N) is 2. The highest BCUT2D eigenvalue weighted by Gasteiger charge is 2.05. The summed E-state index contributed by atoms with van der Waals surface area (Å²) >= 11 is 7.43. The lowest BCUT2D eigenvalue weighted by atomic mass is 10.3. The summed E-state index contributed by atoms with van der Waals surface area (Å²) in [7, 11) is 1.95. The van der Waals surface area contributed by atoms with E-state index in [1.165, 1.54) is 4.88 Å². The standard InChI is InChI=1S/C12H11ClN2OS/c1-15(7-10-3-4-11(13)17-10)12-5-2-9(8-16)6-14-12/h2-6,8H,7H2,1H3. The maximum absolute atomic E-state index is 10.5. The van der Waals surface area contributed by atoms with Crippen molar-refractivity contribution in [1.82, 2.24) is 4.98 Å². The molecule has 0 N–H and O–H groups in total. The third-order valence-corrected chi connectivity index (χ3v) is 3.54. The Morgan fingerprint density at radius 1 is 1.41 bits per heavy atom. The molecule has 0 fully saturated rings. The summed E-state index contributed by atoms with van der Waals surface area (Å²) in [6, 6.07) is 7.48. The van der Waals surface area contributed by atoms with Crippen molar-refractivity contribution in [2.24, 2.45) is 0 Å². The number of halogens is 1. The van der Waals surface area contributed by atoms with Gasteiger partial charge >= 0.3 is 0 Å². The zero-order valence-electron chi connectivity index (χ0n) is 9.26. The van der Waals surface area contributed by atoms with E-state index in [-0.39, 0.29) is 0 Å². The van der Waals surface area contributed by atoms with Crippen molar-refractivity contribution in [2.75, 3.05) is 11.9 Å². The quantitative estimate of drug-likeness (QED) is 0.797. The maximum Gasteiger partial charge on any atom is 0.151 e. The van der Waals surface area contributed by atoms with Gasteiger partial charge in [0.25, 0.3) is 0 Å². The molecule has 2 aromatic rings. The molecule has 0 radical (unpaired) electrons. The highest BCUT2D eigenvalue weighted by Crippen LogP contribution is 2.23. The molecule has 0 atom stereocenters. The van der Waals surface area contributed by atoms with Crippen LogP contribution in [-0.2, 0) is 6.54 Å². The Balaban J connectivity index is 2.08. The van der Waals surface area contributed by atoms with Crippen LogP contribution in [0.25, 0.3) is 0 Å². The SMILES string of the molecule is CN(Cc1ccc(Cl)s1)c1ccc(C=O)cn1. The van der Waals surface area contributed by atoms with E-state index in [2.05, 4.69) is 4.98 Å². The largest absolute Gasteiger partial charge is 0.355 e. The number of hydrogen-bond donors (Lipinski definition) is 0. The Labute approximate surface area is 109 Å². The van der Waals surface area contributed by atoms with Gasteiger partial charge in [-0.1, -0.05) is 11.6 Å². The van der Waals surface area contributed by atoms with Crippen molar-refractivity contribution in [3.63, 3.8) is 0 Å². The summed E-state index contributed by atoms with van der Waals surface area (Å²) in [4.78, 5) is 17.9. The van der Waals surface area contributed by atoms with Crippen LogP contribution in [0.3, 0.4) is 0 Å². The molecule has 0 aliphatic rings. The van der Waals surface area contributed by atoms with Gasteiger partial charge in [-0.25, -0.2) is 4.98 Å². The summed E-state index contributed by atoms with van der Waals surface area (Å²) in [5.41, 5.74) is 0.585. The Kier molecular flexibility index (Phi) is 3.76. The van der Waals surface area contributed by atoms with Gasteiger partial charge in [0, 0.05) is 23.7 Å². The summed E-state index contributed by atoms with van der Waals surface area (Å²) in [5, 5.41) is 0. The van der Waals surface area contributed by atoms with Gasteiger partial charge < -0.3 is 4.90 Å². The molecular weight excluding hydrogens is 256 g/mol. The van der Waals surface area contributed by atoms with Crippen LogP contribution < -0.4 is 4.90 Å². The van der Waals surface area contributed by atoms with Crippen molar-refractivity contribution in [1.29, 1.82) is 0 Å². The molecule has 0 aliphatic carbocycles. The zero-order chi connectivity index (χ0) is 12.3. The molecule has 0 unspecified atom stereocenters. The van der Waals surface area contributed by atoms with Crippen molar-refractivity contribution in [3.05, 3.63) is 45.2 Å². The molecule has 0 spiro atoms. The number of thiophene rings is 1. The van der Waals surface area contributed by atoms with E-state index in [0.29, 0.717) is 5.56 Å². The van der Waals surface area contributed by atoms with E-state index in [4.69, 9.17) is 11.6 Å². The molecule has 0 bridgehead atoms. The first-order valence-corrected chi connectivity index (χ1v) is 6.25. The first kappa shape index (κ1) is 12.1. The van der Waals surface area contributed by atoms with E-state index in [1.807, 2.05) is 30.1 Å². The molecule has 5 heteroatoms. The minimum absolute atomic E-state index is 0.585. The van der Waals surface area contributed by atoms with E-state index in [0.717, 1.165) is 23.0 Å². The second-order valence-electron chi connectivity index (χ2n) is 3.63. The third kappa shape index (κ3) is 3.05. The van der Waals surface area contributed by atoms with Crippen LogP contribution in [0.15, 0.2) is 30.5 Å². The highest BCUT2D eigenvalue weighted by molar-refractivity contribution is 7.16. The Morgan fingerprint density at radius 3 is 2.76 bits per heavy atom. The smallest absolute Gasteiger partial charge is 0.151 e. The van der Waals surface area contributed by atoms with Crippen LogP contribution in [0, 0.1) is 0 Å². The lowest BCUT2D eigenvalue weighted by molar-refractivity contribution is 0.112.